The zero-order valence-corrected chi connectivity index (χ0v) is 7.71. The summed E-state index contributed by atoms with van der Waals surface area (Å²) in [7, 11) is 1.42. The van der Waals surface area contributed by atoms with Gasteiger partial charge in [0.25, 0.3) is 0 Å². The highest BCUT2D eigenvalue weighted by atomic mass is 16.5. The molecular formula is C9H16O3. The van der Waals surface area contributed by atoms with Gasteiger partial charge in [-0.1, -0.05) is 6.92 Å². The molecular weight excluding hydrogens is 156 g/mol. The molecule has 3 heteroatoms. The molecule has 2 atom stereocenters. The van der Waals surface area contributed by atoms with E-state index in [1.165, 1.54) is 7.11 Å². The van der Waals surface area contributed by atoms with Gasteiger partial charge in [-0.2, -0.15) is 0 Å². The van der Waals surface area contributed by atoms with Crippen molar-refractivity contribution in [3.63, 3.8) is 0 Å². The first-order valence-corrected chi connectivity index (χ1v) is 4.43. The maximum Gasteiger partial charge on any atom is 0.308 e. The predicted octanol–water partition coefficient (Wildman–Crippen LogP) is 1.36. The Bertz CT molecular complexity index is 150. The van der Waals surface area contributed by atoms with E-state index in [0.717, 1.165) is 25.9 Å². The Hall–Kier alpha value is -0.570. The fraction of sp³-hybridized carbons (Fsp3) is 0.889. The summed E-state index contributed by atoms with van der Waals surface area (Å²) in [5.74, 6) is -0.163. The van der Waals surface area contributed by atoms with Crippen molar-refractivity contribution in [1.82, 2.24) is 0 Å². The van der Waals surface area contributed by atoms with E-state index < -0.39 is 0 Å². The highest BCUT2D eigenvalue weighted by Crippen LogP contribution is 2.20. The smallest absolute Gasteiger partial charge is 0.308 e. The number of hydrogen-bond donors (Lipinski definition) is 0. The molecule has 12 heavy (non-hydrogen) atoms. The predicted molar refractivity (Wildman–Crippen MR) is 44.8 cm³/mol. The molecule has 1 rings (SSSR count). The number of hydrogen-bond acceptors (Lipinski definition) is 3. The Morgan fingerprint density at radius 1 is 1.75 bits per heavy atom. The van der Waals surface area contributed by atoms with Crippen molar-refractivity contribution in [3.05, 3.63) is 0 Å². The lowest BCUT2D eigenvalue weighted by Gasteiger charge is -2.13. The minimum Gasteiger partial charge on any atom is -0.469 e. The van der Waals surface area contributed by atoms with Crippen molar-refractivity contribution in [1.29, 1.82) is 0 Å². The number of methoxy groups -OCH3 is 1. The second-order valence-corrected chi connectivity index (χ2v) is 3.29. The first kappa shape index (κ1) is 9.52. The van der Waals surface area contributed by atoms with Crippen LogP contribution in [0.5, 0.6) is 0 Å². The summed E-state index contributed by atoms with van der Waals surface area (Å²) in [4.78, 5) is 11.0. The molecule has 70 valence electrons. The molecule has 3 nitrogen and oxygen atoms in total. The van der Waals surface area contributed by atoms with Crippen LogP contribution in [0, 0.1) is 5.92 Å². The van der Waals surface area contributed by atoms with Crippen molar-refractivity contribution < 1.29 is 14.3 Å². The van der Waals surface area contributed by atoms with Gasteiger partial charge in [-0.05, 0) is 19.3 Å². The maximum absolute atomic E-state index is 11.0. The van der Waals surface area contributed by atoms with Crippen LogP contribution in [0.25, 0.3) is 0 Å². The van der Waals surface area contributed by atoms with Crippen molar-refractivity contribution >= 4 is 5.97 Å². The van der Waals surface area contributed by atoms with E-state index >= 15 is 0 Å². The van der Waals surface area contributed by atoms with Gasteiger partial charge in [0.1, 0.15) is 0 Å². The Morgan fingerprint density at radius 3 is 3.00 bits per heavy atom. The first-order chi connectivity index (χ1) is 5.74. The van der Waals surface area contributed by atoms with Crippen molar-refractivity contribution in [2.45, 2.75) is 32.3 Å². The highest BCUT2D eigenvalue weighted by Gasteiger charge is 2.22. The largest absolute Gasteiger partial charge is 0.469 e. The van der Waals surface area contributed by atoms with Crippen LogP contribution in [0.2, 0.25) is 0 Å². The van der Waals surface area contributed by atoms with Gasteiger partial charge in [0.2, 0.25) is 0 Å². The zero-order chi connectivity index (χ0) is 8.97. The van der Waals surface area contributed by atoms with Gasteiger partial charge in [-0.15, -0.1) is 0 Å². The number of carbonyl (C=O) groups excluding carboxylic acids is 1. The number of rotatable bonds is 3. The Kier molecular flexibility index (Phi) is 3.53. The molecule has 0 aromatic rings. The molecule has 0 amide bonds. The van der Waals surface area contributed by atoms with Crippen LogP contribution in [0.3, 0.4) is 0 Å². The third-order valence-electron chi connectivity index (χ3n) is 2.24. The van der Waals surface area contributed by atoms with E-state index in [-0.39, 0.29) is 18.0 Å². The van der Waals surface area contributed by atoms with E-state index in [4.69, 9.17) is 4.74 Å². The average molecular weight is 172 g/mol. The fourth-order valence-corrected chi connectivity index (χ4v) is 1.52. The lowest BCUT2D eigenvalue weighted by Crippen LogP contribution is -2.19. The van der Waals surface area contributed by atoms with Crippen LogP contribution >= 0.6 is 0 Å². The topological polar surface area (TPSA) is 35.5 Å². The normalized spacial score (nSPS) is 25.3. The van der Waals surface area contributed by atoms with Gasteiger partial charge in [0, 0.05) is 6.61 Å². The summed E-state index contributed by atoms with van der Waals surface area (Å²) in [5, 5.41) is 0. The number of ether oxygens (including phenoxy) is 2. The Balaban J connectivity index is 2.24. The number of carbonyl (C=O) groups is 1. The quantitative estimate of drug-likeness (QED) is 0.603. The average Bonchev–Trinajstić information content (AvgIpc) is 2.55. The minimum atomic E-state index is -0.134. The molecule has 0 spiro atoms. The summed E-state index contributed by atoms with van der Waals surface area (Å²) < 4.78 is 10.0. The summed E-state index contributed by atoms with van der Waals surface area (Å²) in [6.45, 7) is 2.73. The fourth-order valence-electron chi connectivity index (χ4n) is 1.52. The van der Waals surface area contributed by atoms with Gasteiger partial charge >= 0.3 is 5.97 Å². The molecule has 1 heterocycles. The molecule has 1 aliphatic heterocycles. The van der Waals surface area contributed by atoms with E-state index in [2.05, 4.69) is 4.74 Å². The molecule has 0 radical (unpaired) electrons. The van der Waals surface area contributed by atoms with Crippen LogP contribution in [0.15, 0.2) is 0 Å². The molecule has 0 bridgehead atoms. The summed E-state index contributed by atoms with van der Waals surface area (Å²) >= 11 is 0. The third kappa shape index (κ3) is 2.48. The number of esters is 1. The highest BCUT2D eigenvalue weighted by molar-refractivity contribution is 5.71. The molecule has 0 aromatic carbocycles. The van der Waals surface area contributed by atoms with Crippen LogP contribution in [0.4, 0.5) is 0 Å². The minimum absolute atomic E-state index is 0.0295. The molecule has 2 unspecified atom stereocenters. The molecule has 0 aliphatic carbocycles. The summed E-state index contributed by atoms with van der Waals surface area (Å²) in [6, 6.07) is 0. The Morgan fingerprint density at radius 2 is 2.50 bits per heavy atom. The third-order valence-corrected chi connectivity index (χ3v) is 2.24. The van der Waals surface area contributed by atoms with E-state index in [1.54, 1.807) is 0 Å². The molecule has 1 saturated heterocycles. The van der Waals surface area contributed by atoms with Gasteiger partial charge in [0.05, 0.1) is 19.1 Å². The van der Waals surface area contributed by atoms with Crippen molar-refractivity contribution in [2.75, 3.05) is 13.7 Å². The van der Waals surface area contributed by atoms with Gasteiger partial charge in [0.15, 0.2) is 0 Å². The second kappa shape index (κ2) is 4.45. The van der Waals surface area contributed by atoms with Crippen LogP contribution in [0.1, 0.15) is 26.2 Å². The van der Waals surface area contributed by atoms with Crippen LogP contribution in [-0.2, 0) is 14.3 Å². The molecule has 0 saturated carbocycles. The summed E-state index contributed by atoms with van der Waals surface area (Å²) in [5.41, 5.74) is 0. The Labute approximate surface area is 73.0 Å². The lowest BCUT2D eigenvalue weighted by molar-refractivity contribution is -0.145. The van der Waals surface area contributed by atoms with Crippen LogP contribution in [-0.4, -0.2) is 25.8 Å². The second-order valence-electron chi connectivity index (χ2n) is 3.29. The van der Waals surface area contributed by atoms with Crippen LogP contribution < -0.4 is 0 Å². The molecule has 0 N–H and O–H groups in total. The standard InChI is InChI=1S/C9H16O3/c1-7(9(10)11-2)6-8-4-3-5-12-8/h7-8H,3-6H2,1-2H3. The van der Waals surface area contributed by atoms with Gasteiger partial charge < -0.3 is 9.47 Å². The van der Waals surface area contributed by atoms with Gasteiger partial charge in [-0.3, -0.25) is 4.79 Å². The maximum atomic E-state index is 11.0. The summed E-state index contributed by atoms with van der Waals surface area (Å²) in [6.07, 6.45) is 3.28. The zero-order valence-electron chi connectivity index (χ0n) is 7.71. The lowest BCUT2D eigenvalue weighted by atomic mass is 10.0. The molecule has 1 fully saturated rings. The van der Waals surface area contributed by atoms with E-state index in [1.807, 2.05) is 6.92 Å². The monoisotopic (exact) mass is 172 g/mol. The molecule has 1 aliphatic rings. The van der Waals surface area contributed by atoms with Crippen molar-refractivity contribution in [3.8, 4) is 0 Å². The molecule has 0 aromatic heterocycles. The van der Waals surface area contributed by atoms with E-state index in [0.29, 0.717) is 0 Å². The van der Waals surface area contributed by atoms with E-state index in [9.17, 15) is 4.79 Å². The van der Waals surface area contributed by atoms with Gasteiger partial charge in [-0.25, -0.2) is 0 Å². The first-order valence-electron chi connectivity index (χ1n) is 4.43. The SMILES string of the molecule is COC(=O)C(C)CC1CCCO1. The van der Waals surface area contributed by atoms with Crippen molar-refractivity contribution in [2.24, 2.45) is 5.92 Å².